The summed E-state index contributed by atoms with van der Waals surface area (Å²) < 4.78 is 14.5. The van der Waals surface area contributed by atoms with Crippen molar-refractivity contribution in [1.29, 1.82) is 0 Å². The summed E-state index contributed by atoms with van der Waals surface area (Å²) in [7, 11) is 0. The van der Waals surface area contributed by atoms with Crippen LogP contribution in [-0.2, 0) is 10.2 Å². The smallest absolute Gasteiger partial charge is 0.164 e. The van der Waals surface area contributed by atoms with Gasteiger partial charge in [-0.05, 0) is 41.5 Å². The summed E-state index contributed by atoms with van der Waals surface area (Å²) in [5.74, 6) is -0.207. The zero-order valence-corrected chi connectivity index (χ0v) is 17.9. The van der Waals surface area contributed by atoms with Crippen LogP contribution in [0.2, 0.25) is 0 Å². The maximum absolute atomic E-state index is 14.5. The molecule has 0 fully saturated rings. The molecule has 2 aliphatic heterocycles. The number of fused-ring (bicyclic) bond motifs is 1. The number of allylic oxidation sites excluding steroid dienone is 2. The second-order valence-electron chi connectivity index (χ2n) is 9.35. The minimum atomic E-state index is -0.637. The third-order valence-corrected chi connectivity index (χ3v) is 6.75. The fourth-order valence-corrected chi connectivity index (χ4v) is 5.45. The molecule has 2 atom stereocenters. The van der Waals surface area contributed by atoms with Gasteiger partial charge in [0.2, 0.25) is 0 Å². The van der Waals surface area contributed by atoms with Crippen molar-refractivity contribution in [3.63, 3.8) is 0 Å². The lowest BCUT2D eigenvalue weighted by Gasteiger charge is -2.47. The molecular weight excluding hydrogens is 391 g/mol. The van der Waals surface area contributed by atoms with Crippen LogP contribution in [0.15, 0.2) is 76.0 Å². The number of nitrogens with one attached hydrogen (secondary N) is 1. The molecule has 3 aliphatic rings. The molecule has 31 heavy (non-hydrogen) atoms. The largest absolute Gasteiger partial charge is 0.362 e. The van der Waals surface area contributed by atoms with E-state index in [0.717, 1.165) is 34.4 Å². The molecule has 158 valence electrons. The molecule has 0 spiro atoms. The number of hydrogen-bond acceptors (Lipinski definition) is 5. The standard InChI is InChI=1S/C25H25FN4O/c1-4-25(16-7-5-6-15(10-16)17-8-9-27-14-19(17)26)18-13-28-30-23(18)29-20-11-24(2,3)12-21(31)22(20)25/h5-10,13-14,23,29H,4,11-12H2,1-3H3. The second kappa shape index (κ2) is 6.94. The van der Waals surface area contributed by atoms with Gasteiger partial charge in [-0.2, -0.15) is 10.2 Å². The molecule has 5 rings (SSSR count). The fourth-order valence-electron chi connectivity index (χ4n) is 5.45. The quantitative estimate of drug-likeness (QED) is 0.723. The number of ketones is 1. The third-order valence-electron chi connectivity index (χ3n) is 6.75. The fraction of sp³-hybridized carbons (Fsp3) is 0.360. The minimum Gasteiger partial charge on any atom is -0.362 e. The Bertz CT molecular complexity index is 1180. The summed E-state index contributed by atoms with van der Waals surface area (Å²) in [6.07, 6.45) is 6.30. The number of benzene rings is 1. The van der Waals surface area contributed by atoms with Crippen molar-refractivity contribution in [2.24, 2.45) is 15.6 Å². The Hall–Kier alpha value is -3.15. The Balaban J connectivity index is 1.75. The van der Waals surface area contributed by atoms with Gasteiger partial charge < -0.3 is 5.32 Å². The lowest BCUT2D eigenvalue weighted by Crippen LogP contribution is -2.51. The Kier molecular flexibility index (Phi) is 4.43. The van der Waals surface area contributed by atoms with Gasteiger partial charge in [0.05, 0.1) is 17.8 Å². The van der Waals surface area contributed by atoms with Gasteiger partial charge in [0, 0.05) is 35.0 Å². The number of carbonyl (C=O) groups is 1. The van der Waals surface area contributed by atoms with Gasteiger partial charge in [0.15, 0.2) is 11.9 Å². The maximum atomic E-state index is 14.5. The summed E-state index contributed by atoms with van der Waals surface area (Å²) in [4.78, 5) is 17.4. The topological polar surface area (TPSA) is 66.7 Å². The van der Waals surface area contributed by atoms with Gasteiger partial charge in [-0.25, -0.2) is 4.39 Å². The van der Waals surface area contributed by atoms with Crippen molar-refractivity contribution in [1.82, 2.24) is 10.3 Å². The first kappa shape index (κ1) is 19.8. The van der Waals surface area contributed by atoms with E-state index in [9.17, 15) is 9.18 Å². The molecule has 3 heterocycles. The molecule has 0 bridgehead atoms. The van der Waals surface area contributed by atoms with Crippen molar-refractivity contribution >= 4 is 5.78 Å². The Morgan fingerprint density at radius 2 is 2.06 bits per heavy atom. The normalized spacial score (nSPS) is 26.3. The third kappa shape index (κ3) is 2.96. The predicted molar refractivity (Wildman–Crippen MR) is 117 cm³/mol. The number of Topliss-reactive ketones (excluding diaryl/α,β-unsaturated/α-hetero) is 1. The van der Waals surface area contributed by atoms with E-state index < -0.39 is 5.41 Å². The SMILES string of the molecule is CCC1(c2cccc(-c3ccncc3F)c2)C2=CN=NC2NC2=C1C(=O)CC(C)(C)C2. The zero-order valence-electron chi connectivity index (χ0n) is 17.9. The van der Waals surface area contributed by atoms with E-state index >= 15 is 0 Å². The number of rotatable bonds is 3. The summed E-state index contributed by atoms with van der Waals surface area (Å²) >= 11 is 0. The number of pyridine rings is 1. The van der Waals surface area contributed by atoms with Gasteiger partial charge in [-0.1, -0.05) is 39.0 Å². The number of carbonyl (C=O) groups excluding carboxylic acids is 1. The van der Waals surface area contributed by atoms with Crippen molar-refractivity contribution < 1.29 is 9.18 Å². The molecule has 1 aliphatic carbocycles. The molecule has 1 N–H and O–H groups in total. The van der Waals surface area contributed by atoms with Crippen molar-refractivity contribution in [2.45, 2.75) is 51.6 Å². The van der Waals surface area contributed by atoms with Crippen molar-refractivity contribution in [3.8, 4) is 11.1 Å². The van der Waals surface area contributed by atoms with Crippen LogP contribution in [0, 0.1) is 11.2 Å². The number of hydrogen-bond donors (Lipinski definition) is 1. The van der Waals surface area contributed by atoms with Crippen LogP contribution < -0.4 is 5.32 Å². The Morgan fingerprint density at radius 1 is 1.23 bits per heavy atom. The molecule has 0 saturated heterocycles. The zero-order chi connectivity index (χ0) is 21.8. The van der Waals surface area contributed by atoms with E-state index in [4.69, 9.17) is 0 Å². The molecule has 2 unspecified atom stereocenters. The average molecular weight is 417 g/mol. The molecule has 2 aromatic rings. The highest BCUT2D eigenvalue weighted by molar-refractivity contribution is 6.01. The summed E-state index contributed by atoms with van der Waals surface area (Å²) in [6.45, 7) is 6.34. The van der Waals surface area contributed by atoms with Gasteiger partial charge in [0.1, 0.15) is 5.82 Å². The lowest BCUT2D eigenvalue weighted by molar-refractivity contribution is -0.119. The molecule has 0 radical (unpaired) electrons. The molecule has 0 saturated carbocycles. The van der Waals surface area contributed by atoms with Crippen LogP contribution in [0.4, 0.5) is 4.39 Å². The monoisotopic (exact) mass is 416 g/mol. The van der Waals surface area contributed by atoms with E-state index in [1.54, 1.807) is 18.5 Å². The van der Waals surface area contributed by atoms with Gasteiger partial charge in [-0.3, -0.25) is 9.78 Å². The first-order valence-corrected chi connectivity index (χ1v) is 10.7. The summed E-state index contributed by atoms with van der Waals surface area (Å²) in [5, 5.41) is 12.1. The number of nitrogens with zero attached hydrogens (tertiary/aromatic N) is 3. The van der Waals surface area contributed by atoms with Crippen LogP contribution in [0.25, 0.3) is 11.1 Å². The maximum Gasteiger partial charge on any atom is 0.164 e. The number of azo groups is 1. The molecule has 6 heteroatoms. The summed E-state index contributed by atoms with van der Waals surface area (Å²) in [5.41, 5.74) is 4.24. The highest BCUT2D eigenvalue weighted by atomic mass is 19.1. The highest BCUT2D eigenvalue weighted by Gasteiger charge is 2.52. The predicted octanol–water partition coefficient (Wildman–Crippen LogP) is 5.46. The Labute approximate surface area is 181 Å². The molecular formula is C25H25FN4O. The minimum absolute atomic E-state index is 0.110. The van der Waals surface area contributed by atoms with Crippen LogP contribution in [0.3, 0.4) is 0 Å². The van der Waals surface area contributed by atoms with Crippen molar-refractivity contribution in [2.75, 3.05) is 0 Å². The van der Waals surface area contributed by atoms with E-state index in [1.807, 2.05) is 24.3 Å². The van der Waals surface area contributed by atoms with Gasteiger partial charge in [0.25, 0.3) is 0 Å². The molecule has 1 aromatic heterocycles. The first-order valence-electron chi connectivity index (χ1n) is 10.7. The van der Waals surface area contributed by atoms with E-state index in [-0.39, 0.29) is 23.2 Å². The van der Waals surface area contributed by atoms with Crippen molar-refractivity contribution in [3.05, 3.63) is 77.1 Å². The van der Waals surface area contributed by atoms with Gasteiger partial charge >= 0.3 is 0 Å². The Morgan fingerprint density at radius 3 is 2.84 bits per heavy atom. The van der Waals surface area contributed by atoms with E-state index in [1.165, 1.54) is 6.20 Å². The lowest BCUT2D eigenvalue weighted by atomic mass is 9.58. The molecule has 0 amide bonds. The molecule has 5 nitrogen and oxygen atoms in total. The van der Waals surface area contributed by atoms with Crippen LogP contribution in [0.1, 0.15) is 45.6 Å². The van der Waals surface area contributed by atoms with Gasteiger partial charge in [-0.15, -0.1) is 0 Å². The summed E-state index contributed by atoms with van der Waals surface area (Å²) in [6, 6.07) is 9.53. The van der Waals surface area contributed by atoms with Crippen LogP contribution in [-0.4, -0.2) is 16.9 Å². The highest BCUT2D eigenvalue weighted by Crippen LogP contribution is 2.54. The first-order chi connectivity index (χ1) is 14.9. The number of aromatic nitrogens is 1. The number of halogens is 1. The van der Waals surface area contributed by atoms with Crippen LogP contribution in [0.5, 0.6) is 0 Å². The van der Waals surface area contributed by atoms with Crippen LogP contribution >= 0.6 is 0 Å². The molecule has 1 aromatic carbocycles. The van der Waals surface area contributed by atoms with E-state index in [2.05, 4.69) is 41.3 Å². The second-order valence-corrected chi connectivity index (χ2v) is 9.35. The van der Waals surface area contributed by atoms with E-state index in [0.29, 0.717) is 18.4 Å². The average Bonchev–Trinajstić information content (AvgIpc) is 3.20.